The Morgan fingerprint density at radius 3 is 2.31 bits per heavy atom. The average molecular weight is 446 g/mol. The van der Waals surface area contributed by atoms with Crippen molar-refractivity contribution in [2.45, 2.75) is 32.0 Å². The lowest BCUT2D eigenvalue weighted by Gasteiger charge is -2.20. The summed E-state index contributed by atoms with van der Waals surface area (Å²) in [6, 6.07) is 23.0. The van der Waals surface area contributed by atoms with E-state index >= 15 is 0 Å². The van der Waals surface area contributed by atoms with E-state index in [4.69, 9.17) is 31.3 Å². The van der Waals surface area contributed by atoms with Crippen LogP contribution in [0, 0.1) is 11.3 Å². The van der Waals surface area contributed by atoms with Crippen LogP contribution in [0.2, 0.25) is 5.02 Å². The number of ether oxygens (including phenoxy) is 2. The maximum Gasteiger partial charge on any atom is 0.134 e. The number of benzene rings is 3. The van der Waals surface area contributed by atoms with Gasteiger partial charge in [0.1, 0.15) is 23.4 Å². The third kappa shape index (κ3) is 4.56. The molecule has 1 heterocycles. The maximum absolute atomic E-state index is 9.16. The lowest BCUT2D eigenvalue weighted by molar-refractivity contribution is 0.240. The summed E-state index contributed by atoms with van der Waals surface area (Å²) in [5, 5.41) is 13.4. The molecular formula is C26H24ClN3O2. The topological polar surface area (TPSA) is 66.6 Å². The molecule has 0 saturated carbocycles. The molecule has 3 aromatic carbocycles. The van der Waals surface area contributed by atoms with Gasteiger partial charge in [-0.3, -0.25) is 4.99 Å². The van der Waals surface area contributed by atoms with Gasteiger partial charge in [-0.05, 0) is 61.4 Å². The molecule has 1 aliphatic heterocycles. The molecule has 2 atom stereocenters. The fourth-order valence-corrected chi connectivity index (χ4v) is 3.88. The van der Waals surface area contributed by atoms with E-state index in [-0.39, 0.29) is 18.2 Å². The van der Waals surface area contributed by atoms with Crippen molar-refractivity contribution in [3.05, 3.63) is 94.0 Å². The largest absolute Gasteiger partial charge is 0.497 e. The molecule has 0 unspecified atom stereocenters. The van der Waals surface area contributed by atoms with Gasteiger partial charge in [-0.1, -0.05) is 35.9 Å². The summed E-state index contributed by atoms with van der Waals surface area (Å²) in [7, 11) is 1.64. The highest BCUT2D eigenvalue weighted by Gasteiger charge is 2.33. The molecule has 1 N–H and O–H groups in total. The van der Waals surface area contributed by atoms with E-state index in [0.717, 1.165) is 28.3 Å². The number of aliphatic imine (C=N–C) groups is 1. The fourth-order valence-electron chi connectivity index (χ4n) is 3.76. The monoisotopic (exact) mass is 445 g/mol. The van der Waals surface area contributed by atoms with Crippen LogP contribution >= 0.6 is 11.6 Å². The van der Waals surface area contributed by atoms with Crippen molar-refractivity contribution in [1.29, 1.82) is 5.26 Å². The second-order valence-electron chi connectivity index (χ2n) is 7.86. The van der Waals surface area contributed by atoms with E-state index in [2.05, 4.69) is 11.4 Å². The van der Waals surface area contributed by atoms with E-state index < -0.39 is 0 Å². The molecular weight excluding hydrogens is 422 g/mol. The highest BCUT2D eigenvalue weighted by Crippen LogP contribution is 2.39. The van der Waals surface area contributed by atoms with Gasteiger partial charge in [-0.15, -0.1) is 0 Å². The summed E-state index contributed by atoms with van der Waals surface area (Å²) in [5.41, 5.74) is 3.58. The molecule has 0 aromatic heterocycles. The third-order valence-electron chi connectivity index (χ3n) is 5.29. The Labute approximate surface area is 193 Å². The maximum atomic E-state index is 9.16. The first kappa shape index (κ1) is 21.7. The van der Waals surface area contributed by atoms with Gasteiger partial charge < -0.3 is 14.8 Å². The van der Waals surface area contributed by atoms with Crippen molar-refractivity contribution in [3.63, 3.8) is 0 Å². The van der Waals surface area contributed by atoms with Gasteiger partial charge in [0.05, 0.1) is 36.5 Å². The number of hydrogen-bond acceptors (Lipinski definition) is 5. The van der Waals surface area contributed by atoms with Gasteiger partial charge in [0.25, 0.3) is 0 Å². The number of amidine groups is 1. The van der Waals surface area contributed by atoms with Crippen LogP contribution in [-0.2, 0) is 0 Å². The zero-order chi connectivity index (χ0) is 22.7. The Morgan fingerprint density at radius 1 is 1.00 bits per heavy atom. The third-order valence-corrected chi connectivity index (χ3v) is 5.55. The minimum atomic E-state index is -0.173. The Hall–Kier alpha value is -3.49. The Bertz CT molecular complexity index is 1170. The number of nitrogens with one attached hydrogen (secondary N) is 1. The number of nitrogens with zero attached hydrogens (tertiary/aromatic N) is 2. The van der Waals surface area contributed by atoms with Crippen LogP contribution < -0.4 is 14.8 Å². The molecule has 32 heavy (non-hydrogen) atoms. The van der Waals surface area contributed by atoms with Gasteiger partial charge in [-0.25, -0.2) is 0 Å². The molecule has 0 amide bonds. The molecule has 0 fully saturated rings. The smallest absolute Gasteiger partial charge is 0.134 e. The Kier molecular flexibility index (Phi) is 6.34. The van der Waals surface area contributed by atoms with Crippen LogP contribution in [0.5, 0.6) is 11.5 Å². The molecule has 5 nitrogen and oxygen atoms in total. The normalized spacial score (nSPS) is 17.4. The lowest BCUT2D eigenvalue weighted by Crippen LogP contribution is -2.25. The van der Waals surface area contributed by atoms with E-state index in [1.54, 1.807) is 7.11 Å². The first-order chi connectivity index (χ1) is 15.5. The van der Waals surface area contributed by atoms with Crippen molar-refractivity contribution in [2.24, 2.45) is 4.99 Å². The van der Waals surface area contributed by atoms with Crippen molar-refractivity contribution in [3.8, 4) is 17.6 Å². The first-order valence-electron chi connectivity index (χ1n) is 10.4. The van der Waals surface area contributed by atoms with Crippen molar-refractivity contribution in [2.75, 3.05) is 7.11 Å². The molecule has 0 saturated heterocycles. The summed E-state index contributed by atoms with van der Waals surface area (Å²) in [4.78, 5) is 5.06. The highest BCUT2D eigenvalue weighted by molar-refractivity contribution is 6.30. The molecule has 4 rings (SSSR count). The minimum Gasteiger partial charge on any atom is -0.497 e. The molecule has 6 heteroatoms. The van der Waals surface area contributed by atoms with Crippen LogP contribution in [-0.4, -0.2) is 19.0 Å². The Morgan fingerprint density at radius 2 is 1.69 bits per heavy atom. The lowest BCUT2D eigenvalue weighted by atomic mass is 9.94. The molecule has 0 aliphatic carbocycles. The first-order valence-corrected chi connectivity index (χ1v) is 10.8. The fraction of sp³-hybridized carbons (Fsp3) is 0.231. The zero-order valence-electron chi connectivity index (χ0n) is 18.2. The zero-order valence-corrected chi connectivity index (χ0v) is 18.9. The van der Waals surface area contributed by atoms with Crippen LogP contribution in [0.15, 0.2) is 71.7 Å². The summed E-state index contributed by atoms with van der Waals surface area (Å²) >= 11 is 6.12. The second-order valence-corrected chi connectivity index (χ2v) is 8.30. The molecule has 1 aliphatic rings. The molecule has 162 valence electrons. The SMILES string of the molecule is COc1ccc(C2=N[C@H](c3ccc(C#N)cc3)[C@H](c3ccc(Cl)cc3)N2)c(OC(C)C)c1. The standard InChI is InChI=1S/C26H24ClN3O2/c1-16(2)32-23-14-21(31-3)12-13-22(23)26-29-24(18-6-4-17(15-28)5-7-18)25(30-26)19-8-10-20(27)11-9-19/h4-14,16,24-25H,1-3H3,(H,29,30)/t24-,25+/m1/s1. The van der Waals surface area contributed by atoms with E-state index in [1.807, 2.05) is 80.6 Å². The highest BCUT2D eigenvalue weighted by atomic mass is 35.5. The Balaban J connectivity index is 1.77. The van der Waals surface area contributed by atoms with Crippen LogP contribution in [0.1, 0.15) is 48.2 Å². The van der Waals surface area contributed by atoms with E-state index in [0.29, 0.717) is 16.3 Å². The summed E-state index contributed by atoms with van der Waals surface area (Å²) in [5.74, 6) is 2.18. The molecule has 0 radical (unpaired) electrons. The number of methoxy groups -OCH3 is 1. The van der Waals surface area contributed by atoms with Crippen molar-refractivity contribution >= 4 is 17.4 Å². The average Bonchev–Trinajstić information content (AvgIpc) is 3.24. The molecule has 3 aromatic rings. The van der Waals surface area contributed by atoms with Gasteiger partial charge in [0, 0.05) is 11.1 Å². The van der Waals surface area contributed by atoms with E-state index in [9.17, 15) is 0 Å². The van der Waals surface area contributed by atoms with Crippen LogP contribution in [0.25, 0.3) is 0 Å². The number of rotatable bonds is 6. The molecule has 0 spiro atoms. The number of halogens is 1. The van der Waals surface area contributed by atoms with E-state index in [1.165, 1.54) is 0 Å². The van der Waals surface area contributed by atoms with Crippen molar-refractivity contribution < 1.29 is 9.47 Å². The van der Waals surface area contributed by atoms with Crippen LogP contribution in [0.3, 0.4) is 0 Å². The predicted molar refractivity (Wildman–Crippen MR) is 127 cm³/mol. The van der Waals surface area contributed by atoms with Gasteiger partial charge in [0.15, 0.2) is 0 Å². The van der Waals surface area contributed by atoms with Gasteiger partial charge in [-0.2, -0.15) is 5.26 Å². The number of hydrogen-bond donors (Lipinski definition) is 1. The quantitative estimate of drug-likeness (QED) is 0.517. The second kappa shape index (κ2) is 9.33. The van der Waals surface area contributed by atoms with Crippen molar-refractivity contribution in [1.82, 2.24) is 5.32 Å². The molecule has 0 bridgehead atoms. The van der Waals surface area contributed by atoms with Gasteiger partial charge in [0.2, 0.25) is 0 Å². The predicted octanol–water partition coefficient (Wildman–Crippen LogP) is 5.84. The minimum absolute atomic E-state index is 0.00393. The summed E-state index contributed by atoms with van der Waals surface area (Å²) < 4.78 is 11.5. The number of nitriles is 1. The van der Waals surface area contributed by atoms with Gasteiger partial charge >= 0.3 is 0 Å². The summed E-state index contributed by atoms with van der Waals surface area (Å²) in [6.45, 7) is 3.98. The summed E-state index contributed by atoms with van der Waals surface area (Å²) in [6.07, 6.45) is 0.00393. The van der Waals surface area contributed by atoms with Crippen LogP contribution in [0.4, 0.5) is 0 Å².